The molecule has 10 atom stereocenters. The van der Waals surface area contributed by atoms with E-state index in [9.17, 15) is 54.6 Å². The standard InChI is InChI=1S/C8H14N4O6.C7H11N3O4.C6H12ClNO5.C5H9ClO2.C2H3N3O2/c9-12-10-1-4(14)11-5-7(16)6(15)3(2-13)18-8(5)17;1-5(2)4-13-7(12)14-6(11)3-9-10-8;7-8-3-5(11)4(10)2(1-9)13-6(3)12;1-4(2)3-8-5(6)7;3-5-4-1-2(6)7/h3,5-8,13,15-17H,1-2H2,(H,11,14);5H,3-4H2,1-2H3;2-6,8-12H,1H2;4H,3H2,1-2H3;1H2,(H,6,7)/t3?,5-,6-,7?,8?;;2?,3-,4-,5?,6?;;/m1.1../s1. The lowest BCUT2D eigenvalue weighted by Crippen LogP contribution is -2.64. The van der Waals surface area contributed by atoms with Gasteiger partial charge < -0.3 is 75.0 Å². The molecule has 0 aliphatic carbocycles. The molecule has 30 nitrogen and oxygen atoms in total. The van der Waals surface area contributed by atoms with Crippen molar-refractivity contribution in [2.75, 3.05) is 46.1 Å². The minimum Gasteiger partial charge on any atom is -0.481 e. The monoisotopic (exact) mass is 913 g/mol. The van der Waals surface area contributed by atoms with Crippen LogP contribution in [0.3, 0.4) is 0 Å². The van der Waals surface area contributed by atoms with Crippen LogP contribution in [0, 0.1) is 11.8 Å². The molecule has 6 unspecified atom stereocenters. The van der Waals surface area contributed by atoms with E-state index in [1.807, 2.05) is 27.7 Å². The normalized spacial score (nSPS) is 24.9. The minimum absolute atomic E-state index is 0.162. The zero-order valence-electron chi connectivity index (χ0n) is 32.3. The Morgan fingerprint density at radius 2 is 1.12 bits per heavy atom. The molecule has 2 saturated heterocycles. The molecular weight excluding hydrogens is 865 g/mol. The summed E-state index contributed by atoms with van der Waals surface area (Å²) < 4.78 is 22.7. The Hall–Kier alpha value is -4.58. The molecule has 0 aromatic rings. The molecule has 0 bridgehead atoms. The quantitative estimate of drug-likeness (QED) is 0.0185. The van der Waals surface area contributed by atoms with E-state index in [-0.39, 0.29) is 12.5 Å². The highest BCUT2D eigenvalue weighted by Gasteiger charge is 2.44. The highest BCUT2D eigenvalue weighted by Crippen LogP contribution is 2.20. The number of hydrogen-bond donors (Lipinski definition) is 11. The van der Waals surface area contributed by atoms with Crippen molar-refractivity contribution in [3.8, 4) is 0 Å². The fourth-order valence-corrected chi connectivity index (χ4v) is 3.90. The number of aliphatic carboxylic acids is 1. The van der Waals surface area contributed by atoms with E-state index in [0.29, 0.717) is 12.5 Å². The fraction of sp³-hybridized carbons (Fsp3) is 0.821. The molecule has 344 valence electrons. The maximum Gasteiger partial charge on any atom is 0.516 e. The molecule has 0 spiro atoms. The van der Waals surface area contributed by atoms with Crippen molar-refractivity contribution < 1.29 is 93.6 Å². The molecule has 32 heteroatoms. The van der Waals surface area contributed by atoms with Crippen molar-refractivity contribution in [3.05, 3.63) is 31.3 Å². The third-order valence-electron chi connectivity index (χ3n) is 6.33. The second-order valence-corrected chi connectivity index (χ2v) is 12.6. The van der Waals surface area contributed by atoms with Crippen LogP contribution in [0.25, 0.3) is 31.3 Å². The zero-order chi connectivity index (χ0) is 47.0. The Balaban J connectivity index is -0.000000704. The molecule has 2 fully saturated rings. The van der Waals surface area contributed by atoms with Gasteiger partial charge in [-0.3, -0.25) is 14.4 Å². The molecule has 0 saturated carbocycles. The van der Waals surface area contributed by atoms with Crippen LogP contribution in [0.2, 0.25) is 0 Å². The van der Waals surface area contributed by atoms with Gasteiger partial charge in [-0.1, -0.05) is 43.0 Å². The predicted octanol–water partition coefficient (Wildman–Crippen LogP) is -1.23. The lowest BCUT2D eigenvalue weighted by Gasteiger charge is -2.40. The summed E-state index contributed by atoms with van der Waals surface area (Å²) in [5, 5.41) is 92.7. The smallest absolute Gasteiger partial charge is 0.481 e. The first-order chi connectivity index (χ1) is 28.1. The number of carbonyl (C=O) groups excluding carboxylic acids is 4. The lowest BCUT2D eigenvalue weighted by atomic mass is 9.97. The van der Waals surface area contributed by atoms with Crippen LogP contribution >= 0.6 is 23.4 Å². The van der Waals surface area contributed by atoms with Gasteiger partial charge in [-0.25, -0.2) is 14.4 Å². The largest absolute Gasteiger partial charge is 0.516 e. The fourth-order valence-electron chi connectivity index (χ4n) is 3.60. The first kappa shape index (κ1) is 59.7. The van der Waals surface area contributed by atoms with E-state index in [1.165, 1.54) is 0 Å². The molecule has 0 aromatic heterocycles. The Bertz CT molecular complexity index is 1440. The SMILES string of the molecule is CC(C)COC(=O)Cl.CC(C)COC(=O)OC(=O)CN=[N+]=[N-].OCC1OC(O)[C@H](NCl)C(O)[C@@H]1O.[N-]=[N+]=NCC(=O)N[C@H]1C(O)OC(CO)[C@@H](O)C1O.[N-]=[N+]=NCC(=O)O. The van der Waals surface area contributed by atoms with E-state index < -0.39 is 124 Å². The van der Waals surface area contributed by atoms with Gasteiger partial charge in [0.25, 0.3) is 0 Å². The molecule has 2 heterocycles. The van der Waals surface area contributed by atoms with Gasteiger partial charge in [-0.2, -0.15) is 0 Å². The number of nitrogens with one attached hydrogen (secondary N) is 2. The summed E-state index contributed by atoms with van der Waals surface area (Å²) in [6.07, 6.45) is -11.7. The summed E-state index contributed by atoms with van der Waals surface area (Å²) in [6, 6.07) is -2.25. The third kappa shape index (κ3) is 28.8. The molecule has 2 rings (SSSR count). The molecule has 60 heavy (non-hydrogen) atoms. The average molecular weight is 915 g/mol. The third-order valence-corrected chi connectivity index (χ3v) is 6.69. The highest BCUT2D eigenvalue weighted by molar-refractivity contribution is 6.61. The van der Waals surface area contributed by atoms with E-state index >= 15 is 0 Å². The molecule has 11 N–H and O–H groups in total. The molecule has 2 aliphatic heterocycles. The van der Waals surface area contributed by atoms with Crippen LogP contribution in [0.1, 0.15) is 27.7 Å². The number of carbonyl (C=O) groups is 5. The number of nitrogens with zero attached hydrogens (tertiary/aromatic N) is 9. The minimum atomic E-state index is -1.59. The molecule has 1 amide bonds. The van der Waals surface area contributed by atoms with Crippen LogP contribution in [-0.2, 0) is 38.1 Å². The van der Waals surface area contributed by atoms with Gasteiger partial charge in [-0.05, 0) is 40.2 Å². The maximum absolute atomic E-state index is 11.2. The summed E-state index contributed by atoms with van der Waals surface area (Å²) in [5.74, 6) is -2.27. The molecule has 0 aromatic carbocycles. The Kier molecular flexibility index (Phi) is 35.0. The number of carboxylic acid groups (broad SMARTS) is 1. The number of rotatable bonds is 14. The number of esters is 1. The summed E-state index contributed by atoms with van der Waals surface area (Å²) in [7, 11) is 0. The number of halogens is 2. The van der Waals surface area contributed by atoms with Gasteiger partial charge in [0.2, 0.25) is 5.91 Å². The number of amides is 1. The van der Waals surface area contributed by atoms with Crippen molar-refractivity contribution in [2.24, 2.45) is 27.2 Å². The first-order valence-corrected chi connectivity index (χ1v) is 17.5. The number of azide groups is 3. The van der Waals surface area contributed by atoms with Gasteiger partial charge in [0.15, 0.2) is 12.6 Å². The van der Waals surface area contributed by atoms with Gasteiger partial charge >= 0.3 is 23.5 Å². The van der Waals surface area contributed by atoms with Crippen molar-refractivity contribution in [3.63, 3.8) is 0 Å². The van der Waals surface area contributed by atoms with E-state index in [0.717, 1.165) is 0 Å². The summed E-state index contributed by atoms with van der Waals surface area (Å²) >= 11 is 10.1. The number of aliphatic hydroxyl groups excluding tert-OH is 8. The average Bonchev–Trinajstić information content (AvgIpc) is 3.19. The summed E-state index contributed by atoms with van der Waals surface area (Å²) in [4.78, 5) is 61.0. The van der Waals surface area contributed by atoms with Crippen molar-refractivity contribution in [1.29, 1.82) is 0 Å². The van der Waals surface area contributed by atoms with E-state index in [4.69, 9.17) is 64.8 Å². The topological polar surface area (TPSA) is 484 Å². The number of hydrogen-bond acceptors (Lipinski definition) is 22. The van der Waals surface area contributed by atoms with Gasteiger partial charge in [-0.15, -0.1) is 0 Å². The van der Waals surface area contributed by atoms with Crippen LogP contribution in [0.4, 0.5) is 9.59 Å². The van der Waals surface area contributed by atoms with Gasteiger partial charge in [0.05, 0.1) is 26.4 Å². The van der Waals surface area contributed by atoms with Crippen LogP contribution in [0.5, 0.6) is 0 Å². The van der Waals surface area contributed by atoms with E-state index in [1.54, 1.807) is 0 Å². The number of aliphatic hydroxyl groups is 8. The van der Waals surface area contributed by atoms with E-state index in [2.05, 4.69) is 54.4 Å². The molecular formula is C28H49Cl2N11O19. The first-order valence-electron chi connectivity index (χ1n) is 16.8. The Morgan fingerprint density at radius 3 is 1.48 bits per heavy atom. The van der Waals surface area contributed by atoms with Crippen LogP contribution in [0.15, 0.2) is 15.3 Å². The highest BCUT2D eigenvalue weighted by atomic mass is 35.5. The van der Waals surface area contributed by atoms with Crippen molar-refractivity contribution in [2.45, 2.75) is 89.0 Å². The number of ether oxygens (including phenoxy) is 5. The van der Waals surface area contributed by atoms with Crippen molar-refractivity contribution >= 4 is 52.8 Å². The van der Waals surface area contributed by atoms with Crippen LogP contribution < -0.4 is 10.2 Å². The second kappa shape index (κ2) is 35.2. The predicted molar refractivity (Wildman–Crippen MR) is 199 cm³/mol. The van der Waals surface area contributed by atoms with Crippen LogP contribution in [-0.4, -0.2) is 183 Å². The van der Waals surface area contributed by atoms with Crippen molar-refractivity contribution in [1.82, 2.24) is 10.2 Å². The zero-order valence-corrected chi connectivity index (χ0v) is 33.8. The second-order valence-electron chi connectivity index (χ2n) is 12.1. The lowest BCUT2D eigenvalue weighted by molar-refractivity contribution is -0.253. The summed E-state index contributed by atoms with van der Waals surface area (Å²) in [6.45, 7) is 5.58. The van der Waals surface area contributed by atoms with Gasteiger partial charge in [0, 0.05) is 26.3 Å². The number of carboxylic acids is 1. The Morgan fingerprint density at radius 1 is 0.700 bits per heavy atom. The Labute approximate surface area is 349 Å². The summed E-state index contributed by atoms with van der Waals surface area (Å²) in [5.41, 5.74) is 22.7. The maximum atomic E-state index is 11.2. The molecule has 0 radical (unpaired) electrons. The van der Waals surface area contributed by atoms with Gasteiger partial charge in [0.1, 0.15) is 68.3 Å². The molecule has 2 aliphatic rings.